The van der Waals surface area contributed by atoms with Gasteiger partial charge in [0.05, 0.1) is 17.3 Å². The number of aromatic nitrogens is 2. The third-order valence-corrected chi connectivity index (χ3v) is 3.97. The highest BCUT2D eigenvalue weighted by Gasteiger charge is 2.34. The first kappa shape index (κ1) is 20.1. The highest BCUT2D eigenvalue weighted by Crippen LogP contribution is 2.39. The summed E-state index contributed by atoms with van der Waals surface area (Å²) in [5.41, 5.74) is 10.6. The van der Waals surface area contributed by atoms with Crippen LogP contribution in [0.5, 0.6) is 11.5 Å². The Morgan fingerprint density at radius 2 is 2.00 bits per heavy atom. The topological polar surface area (TPSA) is 131 Å². The van der Waals surface area contributed by atoms with Crippen LogP contribution >= 0.6 is 0 Å². The highest BCUT2D eigenvalue weighted by atomic mass is 19.4. The normalized spacial score (nSPS) is 12.2. The predicted octanol–water partition coefficient (Wildman–Crippen LogP) is 2.51. The molecular weight excluding hydrogens is 389 g/mol. The van der Waals surface area contributed by atoms with Crippen LogP contribution in [0.2, 0.25) is 0 Å². The van der Waals surface area contributed by atoms with E-state index < -0.39 is 17.6 Å². The lowest BCUT2D eigenvalue weighted by atomic mass is 10.1. The van der Waals surface area contributed by atoms with Crippen LogP contribution in [0.25, 0.3) is 10.9 Å². The Labute approximate surface area is 162 Å². The van der Waals surface area contributed by atoms with Crippen LogP contribution < -0.4 is 21.5 Å². The summed E-state index contributed by atoms with van der Waals surface area (Å²) in [5, 5.41) is 2.26. The molecule has 0 radical (unpaired) electrons. The maximum absolute atomic E-state index is 13.6. The number of halogens is 3. The number of nitrogens with two attached hydrogens (primary N) is 2. The van der Waals surface area contributed by atoms with Crippen LogP contribution in [0, 0.1) is 0 Å². The summed E-state index contributed by atoms with van der Waals surface area (Å²) in [6.45, 7) is 0.204. The van der Waals surface area contributed by atoms with E-state index in [1.54, 1.807) is 6.07 Å². The highest BCUT2D eigenvalue weighted by molar-refractivity contribution is 6.04. The molecule has 0 unspecified atom stereocenters. The third-order valence-electron chi connectivity index (χ3n) is 3.97. The van der Waals surface area contributed by atoms with Crippen molar-refractivity contribution in [2.45, 2.75) is 12.7 Å². The number of aromatic amines is 1. The number of benzene rings is 1. The molecule has 0 spiro atoms. The van der Waals surface area contributed by atoms with E-state index in [0.717, 1.165) is 12.1 Å². The summed E-state index contributed by atoms with van der Waals surface area (Å²) in [6.07, 6.45) is -1.79. The zero-order chi connectivity index (χ0) is 21.2. The smallest absolute Gasteiger partial charge is 0.417 e. The summed E-state index contributed by atoms with van der Waals surface area (Å²) < 4.78 is 46.3. The molecule has 2 aromatic heterocycles. The molecule has 29 heavy (non-hydrogen) atoms. The van der Waals surface area contributed by atoms with Gasteiger partial charge >= 0.3 is 6.18 Å². The summed E-state index contributed by atoms with van der Waals surface area (Å²) in [7, 11) is 1.46. The lowest BCUT2D eigenvalue weighted by Gasteiger charge is -2.12. The van der Waals surface area contributed by atoms with Crippen molar-refractivity contribution >= 4 is 22.8 Å². The average molecular weight is 406 g/mol. The molecule has 3 rings (SSSR count). The van der Waals surface area contributed by atoms with Crippen molar-refractivity contribution in [1.82, 2.24) is 15.3 Å². The van der Waals surface area contributed by atoms with E-state index in [0.29, 0.717) is 5.56 Å². The van der Waals surface area contributed by atoms with Gasteiger partial charge in [0.2, 0.25) is 0 Å². The minimum atomic E-state index is -4.68. The van der Waals surface area contributed by atoms with Gasteiger partial charge in [-0.1, -0.05) is 0 Å². The fourth-order valence-corrected chi connectivity index (χ4v) is 2.61. The number of amides is 1. The van der Waals surface area contributed by atoms with E-state index in [-0.39, 0.29) is 40.6 Å². The first-order valence-electron chi connectivity index (χ1n) is 8.33. The number of alkyl halides is 3. The van der Waals surface area contributed by atoms with Crippen LogP contribution in [0.4, 0.5) is 13.2 Å². The Morgan fingerprint density at radius 3 is 2.66 bits per heavy atom. The molecule has 6 N–H and O–H groups in total. The Balaban J connectivity index is 2.07. The molecule has 1 aromatic carbocycles. The van der Waals surface area contributed by atoms with Crippen molar-refractivity contribution < 1.29 is 22.7 Å². The van der Waals surface area contributed by atoms with E-state index in [9.17, 15) is 18.0 Å². The number of nitrogens with one attached hydrogen (secondary N) is 2. The number of pyridine rings is 1. The number of H-pyrrole nitrogens is 1. The minimum absolute atomic E-state index is 0.0549. The van der Waals surface area contributed by atoms with Gasteiger partial charge < -0.3 is 26.5 Å². The van der Waals surface area contributed by atoms with Gasteiger partial charge in [-0.2, -0.15) is 18.2 Å². The minimum Gasteiger partial charge on any atom is -0.456 e. The standard InChI is InChI=1S/C18H17F3N6O2/c1-24-17(23)27-16(28)15-5-12-13(18(19,20)21)3-10(4-14(12)26-15)29-11-2-9(6-22)7-25-8-11/h2-5,7-8,26H,6,22H2,1H3,(H3,23,24,27,28). The van der Waals surface area contributed by atoms with Crippen molar-refractivity contribution in [3.05, 3.63) is 53.5 Å². The fraction of sp³-hybridized carbons (Fsp3) is 0.167. The number of guanidine groups is 1. The first-order chi connectivity index (χ1) is 13.7. The second kappa shape index (κ2) is 7.80. The van der Waals surface area contributed by atoms with Gasteiger partial charge in [0.25, 0.3) is 5.91 Å². The number of aliphatic imine (C=N–C) groups is 1. The van der Waals surface area contributed by atoms with Crippen molar-refractivity contribution in [3.8, 4) is 11.5 Å². The summed E-state index contributed by atoms with van der Waals surface area (Å²) in [5.74, 6) is -0.834. The maximum atomic E-state index is 13.6. The molecule has 0 aliphatic heterocycles. The quantitative estimate of drug-likeness (QED) is 0.389. The van der Waals surface area contributed by atoms with Crippen LogP contribution in [-0.4, -0.2) is 28.9 Å². The zero-order valence-corrected chi connectivity index (χ0v) is 15.2. The lowest BCUT2D eigenvalue weighted by Crippen LogP contribution is -2.28. The molecule has 0 saturated heterocycles. The number of fused-ring (bicyclic) bond motifs is 1. The monoisotopic (exact) mass is 406 g/mol. The van der Waals surface area contributed by atoms with Gasteiger partial charge in [-0.15, -0.1) is 0 Å². The Morgan fingerprint density at radius 1 is 1.24 bits per heavy atom. The second-order valence-electron chi connectivity index (χ2n) is 6.00. The summed E-state index contributed by atoms with van der Waals surface area (Å²) in [4.78, 5) is 22.2. The number of hydrogen-bond donors (Lipinski definition) is 4. The van der Waals surface area contributed by atoms with Gasteiger partial charge in [-0.05, 0) is 23.8 Å². The maximum Gasteiger partial charge on any atom is 0.417 e. The van der Waals surface area contributed by atoms with Crippen molar-refractivity contribution in [2.75, 3.05) is 7.05 Å². The molecule has 0 fully saturated rings. The van der Waals surface area contributed by atoms with Gasteiger partial charge in [0.15, 0.2) is 5.96 Å². The average Bonchev–Trinajstić information content (AvgIpc) is 3.10. The largest absolute Gasteiger partial charge is 0.456 e. The SMILES string of the molecule is CNC(N)=NC(=O)c1cc2c(C(F)(F)F)cc(Oc3cncc(CN)c3)cc2[nH]1. The molecule has 1 amide bonds. The Hall–Kier alpha value is -3.60. The van der Waals surface area contributed by atoms with Crippen molar-refractivity contribution in [3.63, 3.8) is 0 Å². The number of ether oxygens (including phenoxy) is 1. The second-order valence-corrected chi connectivity index (χ2v) is 6.00. The molecule has 3 aromatic rings. The molecule has 0 atom stereocenters. The summed E-state index contributed by atoms with van der Waals surface area (Å²) in [6, 6.07) is 4.85. The van der Waals surface area contributed by atoms with E-state index in [1.165, 1.54) is 25.5 Å². The van der Waals surface area contributed by atoms with Gasteiger partial charge in [0.1, 0.15) is 17.2 Å². The number of nitrogens with zero attached hydrogens (tertiary/aromatic N) is 2. The van der Waals surface area contributed by atoms with Crippen LogP contribution in [0.1, 0.15) is 21.6 Å². The van der Waals surface area contributed by atoms with Crippen LogP contribution in [0.15, 0.2) is 41.7 Å². The molecule has 0 aliphatic carbocycles. The van der Waals surface area contributed by atoms with E-state index in [1.807, 2.05) is 0 Å². The predicted molar refractivity (Wildman–Crippen MR) is 101 cm³/mol. The fourth-order valence-electron chi connectivity index (χ4n) is 2.61. The van der Waals surface area contributed by atoms with E-state index >= 15 is 0 Å². The van der Waals surface area contributed by atoms with Gasteiger partial charge in [-0.25, -0.2) is 0 Å². The zero-order valence-electron chi connectivity index (χ0n) is 15.2. The molecule has 0 aliphatic rings. The van der Waals surface area contributed by atoms with Crippen molar-refractivity contribution in [2.24, 2.45) is 16.5 Å². The molecule has 0 saturated carbocycles. The first-order valence-corrected chi connectivity index (χ1v) is 8.33. The molecule has 0 bridgehead atoms. The molecule has 152 valence electrons. The van der Waals surface area contributed by atoms with Crippen molar-refractivity contribution in [1.29, 1.82) is 0 Å². The molecule has 11 heteroatoms. The van der Waals surface area contributed by atoms with Gasteiger partial charge in [0, 0.05) is 31.2 Å². The lowest BCUT2D eigenvalue weighted by molar-refractivity contribution is -0.136. The summed E-state index contributed by atoms with van der Waals surface area (Å²) >= 11 is 0. The third kappa shape index (κ3) is 4.46. The number of carbonyl (C=O) groups is 1. The van der Waals surface area contributed by atoms with Crippen LogP contribution in [0.3, 0.4) is 0 Å². The van der Waals surface area contributed by atoms with E-state index in [4.69, 9.17) is 16.2 Å². The molecule has 8 nitrogen and oxygen atoms in total. The Bertz CT molecular complexity index is 1090. The number of hydrogen-bond acceptors (Lipinski definition) is 4. The molecular formula is C18H17F3N6O2. The van der Waals surface area contributed by atoms with Crippen LogP contribution in [-0.2, 0) is 12.7 Å². The van der Waals surface area contributed by atoms with Gasteiger partial charge in [-0.3, -0.25) is 9.78 Å². The molecule has 2 heterocycles. The number of carbonyl (C=O) groups excluding carboxylic acids is 1. The van der Waals surface area contributed by atoms with E-state index in [2.05, 4.69) is 20.3 Å². The Kier molecular flexibility index (Phi) is 5.41. The number of rotatable bonds is 4.